The summed E-state index contributed by atoms with van der Waals surface area (Å²) in [6.45, 7) is 7.94. The van der Waals surface area contributed by atoms with Crippen LogP contribution in [0.25, 0.3) is 0 Å². The van der Waals surface area contributed by atoms with Crippen LogP contribution in [0.2, 0.25) is 0 Å². The molecule has 0 bridgehead atoms. The molecule has 0 saturated carbocycles. The second-order valence-electron chi connectivity index (χ2n) is 4.13. The van der Waals surface area contributed by atoms with Crippen molar-refractivity contribution in [2.24, 2.45) is 0 Å². The first-order valence-electron chi connectivity index (χ1n) is 5.72. The van der Waals surface area contributed by atoms with Gasteiger partial charge in [-0.25, -0.2) is 0 Å². The second-order valence-corrected chi connectivity index (χ2v) is 4.13. The van der Waals surface area contributed by atoms with Crippen molar-refractivity contribution in [3.63, 3.8) is 0 Å². The molecule has 1 aliphatic rings. The molecule has 0 atom stereocenters. The van der Waals surface area contributed by atoms with E-state index in [1.54, 1.807) is 0 Å². The normalized spacial score (nSPS) is 16.6. The van der Waals surface area contributed by atoms with Gasteiger partial charge >= 0.3 is 0 Å². The maximum Gasteiger partial charge on any atom is 0.233 e. The van der Waals surface area contributed by atoms with Crippen LogP contribution in [0.5, 0.6) is 5.88 Å². The van der Waals surface area contributed by atoms with Crippen molar-refractivity contribution in [2.75, 3.05) is 31.1 Å². The molecule has 0 radical (unpaired) electrons. The van der Waals surface area contributed by atoms with Gasteiger partial charge < -0.3 is 15.0 Å². The summed E-state index contributed by atoms with van der Waals surface area (Å²) in [6.07, 6.45) is 0.138. The van der Waals surface area contributed by atoms with E-state index in [0.29, 0.717) is 5.88 Å². The number of nitrogens with zero attached hydrogens (tertiary/aromatic N) is 3. The lowest BCUT2D eigenvalue weighted by Gasteiger charge is -2.27. The van der Waals surface area contributed by atoms with Gasteiger partial charge in [0.2, 0.25) is 5.88 Å². The van der Waals surface area contributed by atoms with Crippen LogP contribution in [0, 0.1) is 0 Å². The number of piperazine rings is 1. The average molecular weight is 222 g/mol. The molecule has 2 rings (SSSR count). The van der Waals surface area contributed by atoms with Crippen molar-refractivity contribution in [3.8, 4) is 5.88 Å². The van der Waals surface area contributed by atoms with E-state index in [2.05, 4.69) is 20.4 Å². The second kappa shape index (κ2) is 5.12. The smallest absolute Gasteiger partial charge is 0.233 e. The zero-order valence-corrected chi connectivity index (χ0v) is 9.81. The third kappa shape index (κ3) is 2.82. The molecule has 16 heavy (non-hydrogen) atoms. The maximum atomic E-state index is 5.45. The molecule has 1 aromatic heterocycles. The SMILES string of the molecule is CC(C)Oc1ccc(N2CCNCC2)nn1. The predicted molar refractivity (Wildman–Crippen MR) is 62.9 cm³/mol. The lowest BCUT2D eigenvalue weighted by atomic mass is 10.3. The number of hydrogen-bond donors (Lipinski definition) is 1. The number of hydrogen-bond acceptors (Lipinski definition) is 5. The highest BCUT2D eigenvalue weighted by atomic mass is 16.5. The van der Waals surface area contributed by atoms with Gasteiger partial charge in [0.05, 0.1) is 6.10 Å². The monoisotopic (exact) mass is 222 g/mol. The lowest BCUT2D eigenvalue weighted by molar-refractivity contribution is 0.230. The summed E-state index contributed by atoms with van der Waals surface area (Å²) in [5, 5.41) is 11.5. The highest BCUT2D eigenvalue weighted by Gasteiger charge is 2.12. The molecule has 1 fully saturated rings. The van der Waals surface area contributed by atoms with Crippen LogP contribution in [-0.4, -0.2) is 42.5 Å². The quantitative estimate of drug-likeness (QED) is 0.814. The maximum absolute atomic E-state index is 5.45. The molecule has 1 aromatic rings. The van der Waals surface area contributed by atoms with Crippen molar-refractivity contribution in [1.29, 1.82) is 0 Å². The summed E-state index contributed by atoms with van der Waals surface area (Å²) in [6, 6.07) is 3.85. The van der Waals surface area contributed by atoms with Gasteiger partial charge in [-0.2, -0.15) is 0 Å². The van der Waals surface area contributed by atoms with E-state index in [-0.39, 0.29) is 6.10 Å². The van der Waals surface area contributed by atoms with E-state index in [1.807, 2.05) is 26.0 Å². The standard InChI is InChI=1S/C11H18N4O/c1-9(2)16-11-4-3-10(13-14-11)15-7-5-12-6-8-15/h3-4,9,12H,5-8H2,1-2H3. The Kier molecular flexibility index (Phi) is 3.56. The van der Waals surface area contributed by atoms with Gasteiger partial charge in [0.15, 0.2) is 5.82 Å². The Hall–Kier alpha value is -1.36. The first-order valence-corrected chi connectivity index (χ1v) is 5.72. The number of anilines is 1. The zero-order chi connectivity index (χ0) is 11.4. The van der Waals surface area contributed by atoms with Crippen molar-refractivity contribution in [3.05, 3.63) is 12.1 Å². The Morgan fingerprint density at radius 2 is 2.00 bits per heavy atom. The number of aromatic nitrogens is 2. The van der Waals surface area contributed by atoms with Crippen LogP contribution >= 0.6 is 0 Å². The fourth-order valence-electron chi connectivity index (χ4n) is 1.68. The molecule has 1 saturated heterocycles. The Labute approximate surface area is 95.8 Å². The highest BCUT2D eigenvalue weighted by Crippen LogP contribution is 2.14. The summed E-state index contributed by atoms with van der Waals surface area (Å²) in [5.74, 6) is 1.52. The van der Waals surface area contributed by atoms with E-state index >= 15 is 0 Å². The predicted octanol–water partition coefficient (Wildman–Crippen LogP) is 0.673. The van der Waals surface area contributed by atoms with Gasteiger partial charge in [-0.15, -0.1) is 10.2 Å². The molecule has 5 heteroatoms. The minimum absolute atomic E-state index is 0.138. The summed E-state index contributed by atoms with van der Waals surface area (Å²) in [5.41, 5.74) is 0. The van der Waals surface area contributed by atoms with Crippen molar-refractivity contribution >= 4 is 5.82 Å². The van der Waals surface area contributed by atoms with E-state index in [0.717, 1.165) is 32.0 Å². The first-order chi connectivity index (χ1) is 7.75. The van der Waals surface area contributed by atoms with Gasteiger partial charge in [-0.1, -0.05) is 0 Å². The van der Waals surface area contributed by atoms with E-state index in [1.165, 1.54) is 0 Å². The van der Waals surface area contributed by atoms with E-state index < -0.39 is 0 Å². The van der Waals surface area contributed by atoms with E-state index in [4.69, 9.17) is 4.74 Å². The first kappa shape index (κ1) is 11.1. The summed E-state index contributed by atoms with van der Waals surface area (Å²) in [4.78, 5) is 2.22. The summed E-state index contributed by atoms with van der Waals surface area (Å²) >= 11 is 0. The third-order valence-electron chi connectivity index (χ3n) is 2.42. The van der Waals surface area contributed by atoms with Crippen molar-refractivity contribution < 1.29 is 4.74 Å². The van der Waals surface area contributed by atoms with Gasteiger partial charge in [0.1, 0.15) is 0 Å². The molecule has 0 aromatic carbocycles. The number of rotatable bonds is 3. The fraction of sp³-hybridized carbons (Fsp3) is 0.636. The van der Waals surface area contributed by atoms with Crippen LogP contribution in [0.1, 0.15) is 13.8 Å². The largest absolute Gasteiger partial charge is 0.474 e. The van der Waals surface area contributed by atoms with Crippen LogP contribution in [0.3, 0.4) is 0 Å². The summed E-state index contributed by atoms with van der Waals surface area (Å²) < 4.78 is 5.45. The molecule has 0 unspecified atom stereocenters. The Balaban J connectivity index is 2.00. The molecule has 5 nitrogen and oxygen atoms in total. The number of nitrogens with one attached hydrogen (secondary N) is 1. The zero-order valence-electron chi connectivity index (χ0n) is 9.81. The molecule has 2 heterocycles. The summed E-state index contributed by atoms with van der Waals surface area (Å²) in [7, 11) is 0. The van der Waals surface area contributed by atoms with Crippen LogP contribution in [-0.2, 0) is 0 Å². The van der Waals surface area contributed by atoms with Gasteiger partial charge in [0, 0.05) is 32.2 Å². The van der Waals surface area contributed by atoms with Crippen LogP contribution in [0.4, 0.5) is 5.82 Å². The molecule has 88 valence electrons. The lowest BCUT2D eigenvalue weighted by Crippen LogP contribution is -2.43. The van der Waals surface area contributed by atoms with Gasteiger partial charge in [-0.3, -0.25) is 0 Å². The molecular formula is C11H18N4O. The molecule has 1 N–H and O–H groups in total. The molecule has 0 aliphatic carbocycles. The Morgan fingerprint density at radius 3 is 2.56 bits per heavy atom. The van der Waals surface area contributed by atoms with Gasteiger partial charge in [-0.05, 0) is 19.9 Å². The Bertz CT molecular complexity index is 319. The van der Waals surface area contributed by atoms with Crippen molar-refractivity contribution in [2.45, 2.75) is 20.0 Å². The average Bonchev–Trinajstić information content (AvgIpc) is 2.30. The van der Waals surface area contributed by atoms with Crippen LogP contribution < -0.4 is 15.0 Å². The Morgan fingerprint density at radius 1 is 1.25 bits per heavy atom. The minimum Gasteiger partial charge on any atom is -0.474 e. The molecular weight excluding hydrogens is 204 g/mol. The fourth-order valence-corrected chi connectivity index (χ4v) is 1.68. The topological polar surface area (TPSA) is 50.3 Å². The molecule has 0 amide bonds. The van der Waals surface area contributed by atoms with Crippen molar-refractivity contribution in [1.82, 2.24) is 15.5 Å². The number of ether oxygens (including phenoxy) is 1. The molecule has 0 spiro atoms. The highest BCUT2D eigenvalue weighted by molar-refractivity contribution is 5.38. The van der Waals surface area contributed by atoms with Gasteiger partial charge in [0.25, 0.3) is 0 Å². The van der Waals surface area contributed by atoms with E-state index in [9.17, 15) is 0 Å². The van der Waals surface area contributed by atoms with Crippen LogP contribution in [0.15, 0.2) is 12.1 Å². The molecule has 1 aliphatic heterocycles. The third-order valence-corrected chi connectivity index (χ3v) is 2.42. The minimum atomic E-state index is 0.138.